The van der Waals surface area contributed by atoms with E-state index >= 15 is 0 Å². The third-order valence-electron chi connectivity index (χ3n) is 3.18. The molecule has 2 heterocycles. The van der Waals surface area contributed by atoms with Crippen LogP contribution in [0, 0.1) is 12.7 Å². The monoisotopic (exact) mass is 265 g/mol. The largest absolute Gasteiger partial charge is 0.510 e. The van der Waals surface area contributed by atoms with Crippen LogP contribution in [0.15, 0.2) is 12.1 Å². The molecule has 0 radical (unpaired) electrons. The zero-order chi connectivity index (χ0) is 13.6. The summed E-state index contributed by atoms with van der Waals surface area (Å²) < 4.78 is 20.5. The van der Waals surface area contributed by atoms with E-state index in [4.69, 9.17) is 4.74 Å². The molecule has 0 spiro atoms. The molecule has 1 unspecified atom stereocenters. The number of nitrogens with one attached hydrogen (secondary N) is 1. The number of hydrogen-bond donors (Lipinski definition) is 3. The number of rotatable bonds is 2. The fourth-order valence-corrected chi connectivity index (χ4v) is 2.23. The summed E-state index contributed by atoms with van der Waals surface area (Å²) in [4.78, 5) is 0. The van der Waals surface area contributed by atoms with Crippen LogP contribution >= 0.6 is 0 Å². The topological polar surface area (TPSA) is 79.5 Å². The summed E-state index contributed by atoms with van der Waals surface area (Å²) in [7, 11) is -1.71. The molecular weight excluding hydrogens is 252 g/mol. The second-order valence-electron chi connectivity index (χ2n) is 4.50. The van der Waals surface area contributed by atoms with E-state index < -0.39 is 13.5 Å². The molecule has 1 fully saturated rings. The molecule has 1 aliphatic heterocycles. The number of halogens is 1. The van der Waals surface area contributed by atoms with Crippen molar-refractivity contribution in [2.75, 3.05) is 13.2 Å². The fraction of sp³-hybridized carbons (Fsp3) is 0.364. The van der Waals surface area contributed by atoms with Gasteiger partial charge >= 0.3 is 7.12 Å². The Balaban J connectivity index is 2.23. The van der Waals surface area contributed by atoms with Crippen LogP contribution in [0.25, 0.3) is 10.9 Å². The van der Waals surface area contributed by atoms with Gasteiger partial charge in [0.1, 0.15) is 11.4 Å². The Morgan fingerprint density at radius 3 is 2.95 bits per heavy atom. The normalized spacial score (nSPS) is 19.3. The average Bonchev–Trinajstić information content (AvgIpc) is 2.96. The Morgan fingerprint density at radius 1 is 1.53 bits per heavy atom. The highest BCUT2D eigenvalue weighted by Gasteiger charge is 2.26. The van der Waals surface area contributed by atoms with Crippen LogP contribution in [-0.2, 0) is 4.74 Å². The first-order valence-electron chi connectivity index (χ1n) is 5.97. The standard InChI is InChI=1S/C11H13BFN3O3/c1-6-4-7-9(5-8(6)13)16(11-14-2-3-19-11)15-10(7)12(17)18/h4-5,11,14,17-18H,2-3H2,1H3. The van der Waals surface area contributed by atoms with Gasteiger partial charge in [0.15, 0.2) is 0 Å². The van der Waals surface area contributed by atoms with Gasteiger partial charge in [0.2, 0.25) is 6.35 Å². The lowest BCUT2D eigenvalue weighted by Crippen LogP contribution is -2.33. The molecule has 6 nitrogen and oxygen atoms in total. The van der Waals surface area contributed by atoms with Crippen LogP contribution in [-0.4, -0.2) is 40.1 Å². The van der Waals surface area contributed by atoms with Gasteiger partial charge in [-0.2, -0.15) is 5.10 Å². The molecule has 1 atom stereocenters. The molecule has 3 rings (SSSR count). The number of fused-ring (bicyclic) bond motifs is 1. The van der Waals surface area contributed by atoms with Gasteiger partial charge in [0, 0.05) is 18.0 Å². The van der Waals surface area contributed by atoms with Crippen molar-refractivity contribution in [3.05, 3.63) is 23.5 Å². The summed E-state index contributed by atoms with van der Waals surface area (Å²) in [6, 6.07) is 2.88. The summed E-state index contributed by atoms with van der Waals surface area (Å²) in [5.41, 5.74) is 0.982. The van der Waals surface area contributed by atoms with E-state index in [2.05, 4.69) is 10.4 Å². The summed E-state index contributed by atoms with van der Waals surface area (Å²) in [6.45, 7) is 2.80. The van der Waals surface area contributed by atoms with Gasteiger partial charge in [-0.3, -0.25) is 5.32 Å². The van der Waals surface area contributed by atoms with Gasteiger partial charge in [-0.05, 0) is 18.6 Å². The van der Waals surface area contributed by atoms with Crippen molar-refractivity contribution in [3.8, 4) is 0 Å². The third-order valence-corrected chi connectivity index (χ3v) is 3.18. The minimum atomic E-state index is -1.71. The Kier molecular flexibility index (Phi) is 3.02. The number of benzene rings is 1. The first-order chi connectivity index (χ1) is 9.08. The van der Waals surface area contributed by atoms with Gasteiger partial charge in [-0.1, -0.05) is 0 Å². The van der Waals surface area contributed by atoms with Gasteiger partial charge in [0.05, 0.1) is 12.1 Å². The lowest BCUT2D eigenvalue weighted by molar-refractivity contribution is 0.0382. The second kappa shape index (κ2) is 4.57. The molecule has 0 amide bonds. The molecule has 100 valence electrons. The number of aryl methyl sites for hydroxylation is 1. The van der Waals surface area contributed by atoms with Crippen molar-refractivity contribution >= 4 is 23.6 Å². The highest BCUT2D eigenvalue weighted by molar-refractivity contribution is 6.60. The molecule has 8 heteroatoms. The first kappa shape index (κ1) is 12.6. The highest BCUT2D eigenvalue weighted by atomic mass is 19.1. The van der Waals surface area contributed by atoms with Crippen molar-refractivity contribution in [3.63, 3.8) is 0 Å². The first-order valence-corrected chi connectivity index (χ1v) is 5.97. The minimum absolute atomic E-state index is 0.0930. The second-order valence-corrected chi connectivity index (χ2v) is 4.50. The van der Waals surface area contributed by atoms with E-state index in [1.165, 1.54) is 10.7 Å². The predicted octanol–water partition coefficient (Wildman–Crippen LogP) is -0.760. The number of nitrogens with zero attached hydrogens (tertiary/aromatic N) is 2. The zero-order valence-corrected chi connectivity index (χ0v) is 10.3. The molecule has 1 saturated heterocycles. The van der Waals surface area contributed by atoms with E-state index in [-0.39, 0.29) is 11.4 Å². The molecule has 2 aromatic rings. The Hall–Kier alpha value is -1.48. The minimum Gasteiger partial charge on any atom is -0.422 e. The van der Waals surface area contributed by atoms with Gasteiger partial charge < -0.3 is 14.8 Å². The van der Waals surface area contributed by atoms with Crippen LogP contribution in [0.5, 0.6) is 0 Å². The summed E-state index contributed by atoms with van der Waals surface area (Å²) in [6.07, 6.45) is -0.517. The SMILES string of the molecule is Cc1cc2c(B(O)O)nn(C3NCCO3)c2cc1F. The number of hydrogen-bond acceptors (Lipinski definition) is 5. The summed E-state index contributed by atoms with van der Waals surface area (Å²) in [5, 5.41) is 26.4. The molecular formula is C11H13BFN3O3. The van der Waals surface area contributed by atoms with Gasteiger partial charge in [-0.15, -0.1) is 0 Å². The Bertz CT molecular complexity index is 625. The summed E-state index contributed by atoms with van der Waals surface area (Å²) >= 11 is 0. The van der Waals surface area contributed by atoms with Crippen LogP contribution in [0.4, 0.5) is 4.39 Å². The van der Waals surface area contributed by atoms with Crippen LogP contribution in [0.2, 0.25) is 0 Å². The van der Waals surface area contributed by atoms with Gasteiger partial charge in [-0.25, -0.2) is 9.07 Å². The third kappa shape index (κ3) is 2.02. The molecule has 1 aromatic heterocycles. The van der Waals surface area contributed by atoms with Crippen LogP contribution in [0.1, 0.15) is 11.9 Å². The maximum absolute atomic E-state index is 13.7. The van der Waals surface area contributed by atoms with E-state index in [9.17, 15) is 14.4 Å². The van der Waals surface area contributed by atoms with Crippen molar-refractivity contribution in [1.82, 2.24) is 15.1 Å². The smallest absolute Gasteiger partial charge is 0.422 e. The van der Waals surface area contributed by atoms with Crippen molar-refractivity contribution in [2.45, 2.75) is 13.3 Å². The van der Waals surface area contributed by atoms with E-state index in [0.717, 1.165) is 0 Å². The van der Waals surface area contributed by atoms with E-state index in [1.807, 2.05) is 0 Å². The lowest BCUT2D eigenvalue weighted by atomic mass is 9.83. The number of aromatic nitrogens is 2. The molecule has 0 aliphatic carbocycles. The molecule has 19 heavy (non-hydrogen) atoms. The van der Waals surface area contributed by atoms with E-state index in [1.54, 1.807) is 13.0 Å². The Morgan fingerprint density at radius 2 is 2.32 bits per heavy atom. The molecule has 3 N–H and O–H groups in total. The van der Waals surface area contributed by atoms with Gasteiger partial charge in [0.25, 0.3) is 0 Å². The Labute approximate surface area is 108 Å². The maximum Gasteiger partial charge on any atom is 0.510 e. The summed E-state index contributed by atoms with van der Waals surface area (Å²) in [5.74, 6) is -0.370. The zero-order valence-electron chi connectivity index (χ0n) is 10.3. The molecule has 1 aromatic carbocycles. The maximum atomic E-state index is 13.7. The average molecular weight is 265 g/mol. The van der Waals surface area contributed by atoms with Crippen molar-refractivity contribution in [1.29, 1.82) is 0 Å². The fourth-order valence-electron chi connectivity index (χ4n) is 2.23. The number of ether oxygens (including phenoxy) is 1. The van der Waals surface area contributed by atoms with Crippen LogP contribution < -0.4 is 10.9 Å². The predicted molar refractivity (Wildman–Crippen MR) is 67.2 cm³/mol. The lowest BCUT2D eigenvalue weighted by Gasteiger charge is -2.11. The highest BCUT2D eigenvalue weighted by Crippen LogP contribution is 2.21. The molecule has 0 bridgehead atoms. The molecule has 0 saturated carbocycles. The van der Waals surface area contributed by atoms with Crippen molar-refractivity contribution in [2.24, 2.45) is 0 Å². The van der Waals surface area contributed by atoms with Crippen molar-refractivity contribution < 1.29 is 19.2 Å². The molecule has 1 aliphatic rings. The van der Waals surface area contributed by atoms with Crippen LogP contribution in [0.3, 0.4) is 0 Å². The van der Waals surface area contributed by atoms with E-state index in [0.29, 0.717) is 29.6 Å². The quantitative estimate of drug-likeness (QED) is 0.622.